The molecule has 6 heteroatoms. The van der Waals surface area contributed by atoms with Crippen molar-refractivity contribution in [3.63, 3.8) is 0 Å². The normalized spacial score (nSPS) is 18.1. The molecule has 2 heterocycles. The van der Waals surface area contributed by atoms with E-state index in [9.17, 15) is 4.79 Å². The van der Waals surface area contributed by atoms with Gasteiger partial charge in [-0.2, -0.15) is 5.10 Å². The molecule has 1 aromatic heterocycles. The third kappa shape index (κ3) is 5.55. The molecule has 0 spiro atoms. The summed E-state index contributed by atoms with van der Waals surface area (Å²) in [5.74, 6) is 1.68. The Labute approximate surface area is 166 Å². The molecule has 28 heavy (non-hydrogen) atoms. The van der Waals surface area contributed by atoms with E-state index >= 15 is 0 Å². The number of piperidine rings is 1. The first-order valence-electron chi connectivity index (χ1n) is 9.92. The Balaban J connectivity index is 1.59. The first kappa shape index (κ1) is 19.9. The zero-order valence-electron chi connectivity index (χ0n) is 16.6. The van der Waals surface area contributed by atoms with Gasteiger partial charge in [0.2, 0.25) is 0 Å². The predicted octanol–water partition coefficient (Wildman–Crippen LogP) is 4.61. The van der Waals surface area contributed by atoms with Crippen LogP contribution in [0.3, 0.4) is 0 Å². The van der Waals surface area contributed by atoms with Crippen LogP contribution >= 0.6 is 0 Å². The van der Waals surface area contributed by atoms with Gasteiger partial charge in [0.05, 0.1) is 6.61 Å². The minimum absolute atomic E-state index is 0.127. The standard InChI is InChI=1S/C22H28N4O2/c1-3-4-13-28-20-8-5-7-18(15-20)14-19-10-12-26(16-17(19)2)22(27)24-21-9-6-11-23-25-21/h5-9,11,14-15,17H,3-4,10,12-13,16H2,1-2H3,(H,24,25,27). The number of nitrogens with zero attached hydrogens (tertiary/aromatic N) is 3. The fourth-order valence-electron chi connectivity index (χ4n) is 3.25. The highest BCUT2D eigenvalue weighted by Gasteiger charge is 2.24. The molecule has 1 fully saturated rings. The van der Waals surface area contributed by atoms with Crippen molar-refractivity contribution in [3.8, 4) is 5.75 Å². The fraction of sp³-hybridized carbons (Fsp3) is 0.409. The van der Waals surface area contributed by atoms with Crippen molar-refractivity contribution in [2.45, 2.75) is 33.1 Å². The molecule has 2 aromatic rings. The highest BCUT2D eigenvalue weighted by molar-refractivity contribution is 5.88. The molecule has 1 unspecified atom stereocenters. The van der Waals surface area contributed by atoms with Crippen LogP contribution in [0.4, 0.5) is 10.6 Å². The van der Waals surface area contributed by atoms with Gasteiger partial charge in [0.25, 0.3) is 0 Å². The van der Waals surface area contributed by atoms with Gasteiger partial charge < -0.3 is 9.64 Å². The molecule has 1 N–H and O–H groups in total. The molecule has 2 amide bonds. The molecule has 1 aromatic carbocycles. The van der Waals surface area contributed by atoms with Crippen molar-refractivity contribution in [1.29, 1.82) is 0 Å². The average Bonchev–Trinajstić information content (AvgIpc) is 2.71. The third-order valence-corrected chi connectivity index (χ3v) is 4.87. The second-order valence-electron chi connectivity index (χ2n) is 7.13. The summed E-state index contributed by atoms with van der Waals surface area (Å²) in [5.41, 5.74) is 2.50. The third-order valence-electron chi connectivity index (χ3n) is 4.87. The number of urea groups is 1. The molecule has 0 bridgehead atoms. The number of benzene rings is 1. The van der Waals surface area contributed by atoms with Gasteiger partial charge in [0, 0.05) is 19.3 Å². The van der Waals surface area contributed by atoms with Crippen LogP contribution in [-0.4, -0.2) is 40.8 Å². The Morgan fingerprint density at radius 2 is 2.25 bits per heavy atom. The van der Waals surface area contributed by atoms with E-state index in [2.05, 4.69) is 47.6 Å². The molecule has 1 aliphatic rings. The summed E-state index contributed by atoms with van der Waals surface area (Å²) in [6.07, 6.45) is 6.86. The lowest BCUT2D eigenvalue weighted by Crippen LogP contribution is -2.42. The number of unbranched alkanes of at least 4 members (excludes halogenated alkanes) is 1. The minimum Gasteiger partial charge on any atom is -0.494 e. The van der Waals surface area contributed by atoms with Crippen LogP contribution in [-0.2, 0) is 0 Å². The maximum Gasteiger partial charge on any atom is 0.323 e. The summed E-state index contributed by atoms with van der Waals surface area (Å²) in [6.45, 7) is 6.45. The minimum atomic E-state index is -0.127. The molecule has 6 nitrogen and oxygen atoms in total. The lowest BCUT2D eigenvalue weighted by Gasteiger charge is -2.33. The number of aromatic nitrogens is 2. The van der Waals surface area contributed by atoms with Crippen LogP contribution in [0.25, 0.3) is 6.08 Å². The first-order valence-corrected chi connectivity index (χ1v) is 9.92. The number of hydrogen-bond acceptors (Lipinski definition) is 4. The molecule has 0 radical (unpaired) electrons. The van der Waals surface area contributed by atoms with Gasteiger partial charge in [-0.25, -0.2) is 4.79 Å². The molecular formula is C22H28N4O2. The Hall–Kier alpha value is -2.89. The predicted molar refractivity (Wildman–Crippen MR) is 111 cm³/mol. The van der Waals surface area contributed by atoms with Crippen LogP contribution < -0.4 is 10.1 Å². The number of likely N-dealkylation sites (tertiary alicyclic amines) is 1. The van der Waals surface area contributed by atoms with Crippen LogP contribution in [0.1, 0.15) is 38.7 Å². The van der Waals surface area contributed by atoms with Gasteiger partial charge in [0.15, 0.2) is 5.82 Å². The second kappa shape index (κ2) is 9.88. The summed E-state index contributed by atoms with van der Waals surface area (Å²) in [5, 5.41) is 10.5. The van der Waals surface area contributed by atoms with E-state index < -0.39 is 0 Å². The van der Waals surface area contributed by atoms with Gasteiger partial charge in [0.1, 0.15) is 5.75 Å². The highest BCUT2D eigenvalue weighted by Crippen LogP contribution is 2.26. The van der Waals surface area contributed by atoms with Crippen molar-refractivity contribution < 1.29 is 9.53 Å². The molecule has 148 valence electrons. The van der Waals surface area contributed by atoms with E-state index in [1.807, 2.05) is 17.0 Å². The number of rotatable bonds is 6. The van der Waals surface area contributed by atoms with E-state index in [0.717, 1.165) is 37.2 Å². The number of anilines is 1. The number of carbonyl (C=O) groups excluding carboxylic acids is 1. The van der Waals surface area contributed by atoms with Gasteiger partial charge in [-0.05, 0) is 48.6 Å². The van der Waals surface area contributed by atoms with Crippen LogP contribution in [0.15, 0.2) is 48.2 Å². The zero-order chi connectivity index (χ0) is 19.8. The Bertz CT molecular complexity index is 807. The van der Waals surface area contributed by atoms with Crippen LogP contribution in [0, 0.1) is 5.92 Å². The van der Waals surface area contributed by atoms with Gasteiger partial charge in [-0.1, -0.05) is 44.1 Å². The fourth-order valence-corrected chi connectivity index (χ4v) is 3.25. The topological polar surface area (TPSA) is 67.3 Å². The van der Waals surface area contributed by atoms with Crippen molar-refractivity contribution in [2.75, 3.05) is 25.0 Å². The first-order chi connectivity index (χ1) is 13.7. The van der Waals surface area contributed by atoms with Crippen molar-refractivity contribution >= 4 is 17.9 Å². The molecule has 1 aliphatic heterocycles. The molecule has 1 atom stereocenters. The molecule has 0 aliphatic carbocycles. The van der Waals surface area contributed by atoms with Crippen molar-refractivity contribution in [3.05, 3.63) is 53.7 Å². The van der Waals surface area contributed by atoms with Crippen molar-refractivity contribution in [2.24, 2.45) is 5.92 Å². The lowest BCUT2D eigenvalue weighted by atomic mass is 9.91. The van der Waals surface area contributed by atoms with Crippen molar-refractivity contribution in [1.82, 2.24) is 15.1 Å². The van der Waals surface area contributed by atoms with Gasteiger partial charge >= 0.3 is 6.03 Å². The Morgan fingerprint density at radius 1 is 1.36 bits per heavy atom. The monoisotopic (exact) mass is 380 g/mol. The number of hydrogen-bond donors (Lipinski definition) is 1. The van der Waals surface area contributed by atoms with Gasteiger partial charge in [-0.15, -0.1) is 5.10 Å². The smallest absolute Gasteiger partial charge is 0.323 e. The largest absolute Gasteiger partial charge is 0.494 e. The maximum atomic E-state index is 12.5. The van der Waals surface area contributed by atoms with E-state index in [1.54, 1.807) is 18.3 Å². The van der Waals surface area contributed by atoms with E-state index in [1.165, 1.54) is 5.57 Å². The number of amides is 2. The summed E-state index contributed by atoms with van der Waals surface area (Å²) in [7, 11) is 0. The molecule has 0 saturated carbocycles. The Morgan fingerprint density at radius 3 is 3.00 bits per heavy atom. The highest BCUT2D eigenvalue weighted by atomic mass is 16.5. The van der Waals surface area contributed by atoms with Crippen LogP contribution in [0.2, 0.25) is 0 Å². The Kier molecular flexibility index (Phi) is 7.00. The summed E-state index contributed by atoms with van der Waals surface area (Å²) in [6, 6.07) is 11.6. The SMILES string of the molecule is CCCCOc1cccc(C=C2CCN(C(=O)Nc3cccnn3)CC2C)c1. The summed E-state index contributed by atoms with van der Waals surface area (Å²) < 4.78 is 5.81. The quantitative estimate of drug-likeness (QED) is 0.743. The van der Waals surface area contributed by atoms with E-state index in [0.29, 0.717) is 24.8 Å². The number of carbonyl (C=O) groups is 1. The molecule has 3 rings (SSSR count). The van der Waals surface area contributed by atoms with Crippen LogP contribution in [0.5, 0.6) is 5.75 Å². The molecular weight excluding hydrogens is 352 g/mol. The zero-order valence-corrected chi connectivity index (χ0v) is 16.6. The maximum absolute atomic E-state index is 12.5. The van der Waals surface area contributed by atoms with E-state index in [-0.39, 0.29) is 6.03 Å². The second-order valence-corrected chi connectivity index (χ2v) is 7.13. The molecule has 1 saturated heterocycles. The average molecular weight is 380 g/mol. The van der Waals surface area contributed by atoms with E-state index in [4.69, 9.17) is 4.74 Å². The summed E-state index contributed by atoms with van der Waals surface area (Å²) >= 11 is 0. The van der Waals surface area contributed by atoms with Gasteiger partial charge in [-0.3, -0.25) is 5.32 Å². The number of nitrogens with one attached hydrogen (secondary N) is 1. The lowest BCUT2D eigenvalue weighted by molar-refractivity contribution is 0.197. The number of ether oxygens (including phenoxy) is 1. The summed E-state index contributed by atoms with van der Waals surface area (Å²) in [4.78, 5) is 14.3.